The van der Waals surface area contributed by atoms with E-state index in [1.807, 2.05) is 34.9 Å². The van der Waals surface area contributed by atoms with Crippen LogP contribution in [0.15, 0.2) is 47.6 Å². The number of Topliss-reactive ketones (excluding diaryl/α,β-unsaturated/α-hetero) is 1. The molecule has 2 aromatic carbocycles. The number of aromatic nitrogens is 3. The zero-order valence-electron chi connectivity index (χ0n) is 16.1. The van der Waals surface area contributed by atoms with E-state index >= 15 is 0 Å². The lowest BCUT2D eigenvalue weighted by molar-refractivity contribution is 0.102. The third-order valence-corrected chi connectivity index (χ3v) is 6.10. The Hall–Kier alpha value is -2.60. The first-order valence-electron chi connectivity index (χ1n) is 9.55. The summed E-state index contributed by atoms with van der Waals surface area (Å²) in [6.45, 7) is 2.77. The summed E-state index contributed by atoms with van der Waals surface area (Å²) in [4.78, 5) is 12.7. The molecule has 1 aliphatic rings. The van der Waals surface area contributed by atoms with Gasteiger partial charge < -0.3 is 9.30 Å². The van der Waals surface area contributed by atoms with Crippen LogP contribution in [0.3, 0.4) is 0 Å². The van der Waals surface area contributed by atoms with Crippen LogP contribution in [-0.2, 0) is 19.4 Å². The van der Waals surface area contributed by atoms with Gasteiger partial charge in [-0.3, -0.25) is 4.79 Å². The van der Waals surface area contributed by atoms with Crippen LogP contribution in [-0.4, -0.2) is 33.4 Å². The number of para-hydroxylation sites is 1. The molecular formula is C22H23N3O2S. The second kappa shape index (κ2) is 8.19. The summed E-state index contributed by atoms with van der Waals surface area (Å²) in [6, 6.07) is 13.9. The van der Waals surface area contributed by atoms with Gasteiger partial charge in [0.05, 0.1) is 18.4 Å². The Morgan fingerprint density at radius 3 is 2.79 bits per heavy atom. The molecular weight excluding hydrogens is 370 g/mol. The van der Waals surface area contributed by atoms with Gasteiger partial charge in [0.25, 0.3) is 0 Å². The Morgan fingerprint density at radius 2 is 1.96 bits per heavy atom. The molecule has 28 heavy (non-hydrogen) atoms. The number of thioether (sulfide) groups is 1. The predicted molar refractivity (Wildman–Crippen MR) is 111 cm³/mol. The topological polar surface area (TPSA) is 57.0 Å². The highest BCUT2D eigenvalue weighted by Gasteiger charge is 2.18. The van der Waals surface area contributed by atoms with Crippen LogP contribution in [0.1, 0.15) is 34.8 Å². The maximum absolute atomic E-state index is 12.7. The van der Waals surface area contributed by atoms with Gasteiger partial charge in [0.2, 0.25) is 0 Å². The lowest BCUT2D eigenvalue weighted by Crippen LogP contribution is -2.06. The monoisotopic (exact) mass is 393 g/mol. The lowest BCUT2D eigenvalue weighted by Gasteiger charge is -2.10. The van der Waals surface area contributed by atoms with Crippen molar-refractivity contribution >= 4 is 17.5 Å². The van der Waals surface area contributed by atoms with Gasteiger partial charge >= 0.3 is 0 Å². The summed E-state index contributed by atoms with van der Waals surface area (Å²) in [5.41, 5.74) is 4.40. The minimum Gasteiger partial charge on any atom is -0.496 e. The molecule has 0 fully saturated rings. The minimum atomic E-state index is 0.129. The van der Waals surface area contributed by atoms with Crippen molar-refractivity contribution in [1.82, 2.24) is 14.8 Å². The second-order valence-electron chi connectivity index (χ2n) is 6.80. The van der Waals surface area contributed by atoms with Gasteiger partial charge in [-0.05, 0) is 55.5 Å². The van der Waals surface area contributed by atoms with Crippen LogP contribution >= 0.6 is 11.8 Å². The average molecular weight is 394 g/mol. The van der Waals surface area contributed by atoms with Crippen molar-refractivity contribution < 1.29 is 9.53 Å². The first kappa shape index (κ1) is 18.7. The van der Waals surface area contributed by atoms with Crippen LogP contribution in [0, 0.1) is 0 Å². The van der Waals surface area contributed by atoms with E-state index < -0.39 is 0 Å². The highest BCUT2D eigenvalue weighted by Crippen LogP contribution is 2.31. The van der Waals surface area contributed by atoms with Crippen molar-refractivity contribution in [3.8, 4) is 17.1 Å². The summed E-state index contributed by atoms with van der Waals surface area (Å²) in [6.07, 6.45) is 3.40. The van der Waals surface area contributed by atoms with Gasteiger partial charge in [0, 0.05) is 12.1 Å². The molecule has 144 valence electrons. The molecule has 0 saturated heterocycles. The van der Waals surface area contributed by atoms with Crippen molar-refractivity contribution in [2.75, 3.05) is 12.9 Å². The van der Waals surface area contributed by atoms with Crippen LogP contribution in [0.4, 0.5) is 0 Å². The van der Waals surface area contributed by atoms with Gasteiger partial charge in [-0.15, -0.1) is 10.2 Å². The number of methoxy groups -OCH3 is 1. The number of hydrogen-bond donors (Lipinski definition) is 0. The van der Waals surface area contributed by atoms with Crippen molar-refractivity contribution in [2.45, 2.75) is 37.9 Å². The Morgan fingerprint density at radius 1 is 1.14 bits per heavy atom. The molecule has 1 aliphatic carbocycles. The molecule has 1 aromatic heterocycles. The Balaban J connectivity index is 1.53. The average Bonchev–Trinajstić information content (AvgIpc) is 3.37. The quantitative estimate of drug-likeness (QED) is 0.439. The molecule has 0 N–H and O–H groups in total. The highest BCUT2D eigenvalue weighted by atomic mass is 32.2. The molecule has 5 nitrogen and oxygen atoms in total. The number of carbonyl (C=O) groups is 1. The molecule has 0 amide bonds. The van der Waals surface area contributed by atoms with E-state index in [2.05, 4.69) is 29.3 Å². The van der Waals surface area contributed by atoms with E-state index in [1.54, 1.807) is 7.11 Å². The van der Waals surface area contributed by atoms with Gasteiger partial charge in [0.15, 0.2) is 16.8 Å². The van der Waals surface area contributed by atoms with Crippen LogP contribution in [0.5, 0.6) is 5.75 Å². The number of ketones is 1. The first-order chi connectivity index (χ1) is 13.7. The summed E-state index contributed by atoms with van der Waals surface area (Å²) < 4.78 is 7.49. The summed E-state index contributed by atoms with van der Waals surface area (Å²) in [5.74, 6) is 2.00. The Bertz CT molecular complexity index is 1010. The fourth-order valence-electron chi connectivity index (χ4n) is 3.67. The third kappa shape index (κ3) is 3.56. The second-order valence-corrected chi connectivity index (χ2v) is 7.74. The standard InChI is InChI=1S/C22H23N3O2S/c1-3-25-21(18-9-4-5-10-20(18)27-2)23-24-22(25)28-14-19(26)17-12-11-15-7-6-8-16(15)13-17/h4-5,9-13H,3,6-8,14H2,1-2H3. The summed E-state index contributed by atoms with van der Waals surface area (Å²) >= 11 is 1.44. The van der Waals surface area contributed by atoms with Gasteiger partial charge in [-0.25, -0.2) is 0 Å². The van der Waals surface area contributed by atoms with E-state index in [0.29, 0.717) is 5.75 Å². The van der Waals surface area contributed by atoms with E-state index in [-0.39, 0.29) is 5.78 Å². The van der Waals surface area contributed by atoms with E-state index in [0.717, 1.165) is 47.2 Å². The van der Waals surface area contributed by atoms with Crippen LogP contribution < -0.4 is 4.74 Å². The maximum Gasteiger partial charge on any atom is 0.191 e. The molecule has 3 aromatic rings. The molecule has 0 unspecified atom stereocenters. The van der Waals surface area contributed by atoms with Gasteiger partial charge in [0.1, 0.15) is 5.75 Å². The third-order valence-electron chi connectivity index (χ3n) is 5.13. The van der Waals surface area contributed by atoms with E-state index in [9.17, 15) is 4.79 Å². The molecule has 0 aliphatic heterocycles. The number of rotatable bonds is 7. The SMILES string of the molecule is CCn1c(SCC(=O)c2ccc3c(c2)CCC3)nnc1-c1ccccc1OC. The predicted octanol–water partition coefficient (Wildman–Crippen LogP) is 4.44. The molecule has 0 saturated carbocycles. The summed E-state index contributed by atoms with van der Waals surface area (Å²) in [7, 11) is 1.65. The highest BCUT2D eigenvalue weighted by molar-refractivity contribution is 7.99. The Labute approximate surface area is 169 Å². The fourth-order valence-corrected chi connectivity index (χ4v) is 4.56. The number of aryl methyl sites for hydroxylation is 2. The van der Waals surface area contributed by atoms with Crippen molar-refractivity contribution in [1.29, 1.82) is 0 Å². The molecule has 0 radical (unpaired) electrons. The number of carbonyl (C=O) groups excluding carboxylic acids is 1. The number of benzene rings is 2. The molecule has 0 spiro atoms. The van der Waals surface area contributed by atoms with Crippen molar-refractivity contribution in [3.05, 3.63) is 59.2 Å². The molecule has 6 heteroatoms. The van der Waals surface area contributed by atoms with Crippen LogP contribution in [0.2, 0.25) is 0 Å². The minimum absolute atomic E-state index is 0.129. The number of ether oxygens (including phenoxy) is 1. The van der Waals surface area contributed by atoms with Gasteiger partial charge in [-0.1, -0.05) is 36.0 Å². The van der Waals surface area contributed by atoms with Gasteiger partial charge in [-0.2, -0.15) is 0 Å². The molecule has 1 heterocycles. The zero-order chi connectivity index (χ0) is 19.5. The molecule has 0 atom stereocenters. The van der Waals surface area contributed by atoms with Crippen molar-refractivity contribution in [2.24, 2.45) is 0 Å². The molecule has 0 bridgehead atoms. The zero-order valence-corrected chi connectivity index (χ0v) is 17.0. The smallest absolute Gasteiger partial charge is 0.191 e. The number of fused-ring (bicyclic) bond motifs is 1. The number of nitrogens with zero attached hydrogens (tertiary/aromatic N) is 3. The number of hydrogen-bond acceptors (Lipinski definition) is 5. The normalized spacial score (nSPS) is 12.8. The van der Waals surface area contributed by atoms with Crippen molar-refractivity contribution in [3.63, 3.8) is 0 Å². The largest absolute Gasteiger partial charge is 0.496 e. The Kier molecular flexibility index (Phi) is 5.48. The fraction of sp³-hybridized carbons (Fsp3) is 0.318. The molecule has 4 rings (SSSR count). The summed E-state index contributed by atoms with van der Waals surface area (Å²) in [5, 5.41) is 9.44. The maximum atomic E-state index is 12.7. The van der Waals surface area contributed by atoms with E-state index in [1.165, 1.54) is 29.3 Å². The first-order valence-corrected chi connectivity index (χ1v) is 10.5. The van der Waals surface area contributed by atoms with E-state index in [4.69, 9.17) is 4.74 Å². The lowest BCUT2D eigenvalue weighted by atomic mass is 10.0. The van der Waals surface area contributed by atoms with Crippen LogP contribution in [0.25, 0.3) is 11.4 Å².